The Morgan fingerprint density at radius 1 is 1.03 bits per heavy atom. The van der Waals surface area contributed by atoms with Crippen LogP contribution in [0.25, 0.3) is 0 Å². The fourth-order valence-corrected chi connectivity index (χ4v) is 5.63. The van der Waals surface area contributed by atoms with Crippen molar-refractivity contribution in [2.75, 3.05) is 43.9 Å². The van der Waals surface area contributed by atoms with Crippen molar-refractivity contribution in [2.45, 2.75) is 76.6 Å². The fraction of sp³-hybridized carbons (Fsp3) is 0.630. The average Bonchev–Trinajstić information content (AvgIpc) is 2.83. The van der Waals surface area contributed by atoms with Gasteiger partial charge in [-0.1, -0.05) is 0 Å². The second kappa shape index (κ2) is 11.2. The molecule has 2 aromatic rings. The summed E-state index contributed by atoms with van der Waals surface area (Å²) in [4.78, 5) is 12.6. The third kappa shape index (κ3) is 6.50. The maximum atomic E-state index is 14.8. The van der Waals surface area contributed by atoms with Crippen molar-refractivity contribution in [3.63, 3.8) is 0 Å². The third-order valence-electron chi connectivity index (χ3n) is 7.88. The SMILES string of the molecule is CN1C(C)(C)CC(Nc2nc(Nc3cc(F)c(OC4CCN(CCO)CC4)c(F)c3)ncc2F)CC1(C)C. The van der Waals surface area contributed by atoms with Crippen LogP contribution in [0.1, 0.15) is 53.4 Å². The maximum absolute atomic E-state index is 14.8. The lowest BCUT2D eigenvalue weighted by Crippen LogP contribution is -2.61. The zero-order valence-corrected chi connectivity index (χ0v) is 22.8. The van der Waals surface area contributed by atoms with Crippen LogP contribution in [0.2, 0.25) is 0 Å². The molecule has 11 heteroatoms. The van der Waals surface area contributed by atoms with Gasteiger partial charge in [0.2, 0.25) is 5.95 Å². The van der Waals surface area contributed by atoms with Gasteiger partial charge >= 0.3 is 0 Å². The number of aliphatic hydroxyl groups excluding tert-OH is 1. The van der Waals surface area contributed by atoms with Crippen molar-refractivity contribution in [1.29, 1.82) is 0 Å². The van der Waals surface area contributed by atoms with E-state index in [1.54, 1.807) is 0 Å². The second-order valence-corrected chi connectivity index (χ2v) is 11.6. The number of anilines is 3. The van der Waals surface area contributed by atoms with Crippen LogP contribution in [0.15, 0.2) is 18.3 Å². The highest BCUT2D eigenvalue weighted by molar-refractivity contribution is 5.57. The molecule has 0 unspecified atom stereocenters. The molecule has 8 nitrogen and oxygen atoms in total. The number of aliphatic hydroxyl groups is 1. The standard InChI is InChI=1S/C27H39F3N6O2/c1-26(2)14-18(15-27(3,4)35(26)5)32-24-22(30)16-31-25(34-24)33-17-12-20(28)23(21(29)13-17)38-19-6-8-36(9-7-19)10-11-37/h12-13,16,18-19,37H,6-11,14-15H2,1-5H3,(H2,31,32,33,34). The Balaban J connectivity index is 1.43. The molecule has 2 aliphatic rings. The Labute approximate surface area is 222 Å². The van der Waals surface area contributed by atoms with E-state index in [1.807, 2.05) is 0 Å². The number of aromatic nitrogens is 2. The Hall–Kier alpha value is -2.63. The molecule has 38 heavy (non-hydrogen) atoms. The number of β-amino-alcohol motifs (C(OH)–C–C–N with tert-alkyl or cyclic N) is 1. The van der Waals surface area contributed by atoms with Gasteiger partial charge < -0.3 is 25.4 Å². The van der Waals surface area contributed by atoms with Gasteiger partial charge in [-0.25, -0.2) is 18.2 Å². The zero-order valence-electron chi connectivity index (χ0n) is 22.8. The largest absolute Gasteiger partial charge is 0.484 e. The molecule has 0 saturated carbocycles. The number of hydrogen-bond donors (Lipinski definition) is 3. The molecule has 0 aliphatic carbocycles. The Morgan fingerprint density at radius 2 is 1.63 bits per heavy atom. The Kier molecular flexibility index (Phi) is 8.39. The van der Waals surface area contributed by atoms with Gasteiger partial charge in [-0.2, -0.15) is 4.98 Å². The van der Waals surface area contributed by atoms with Crippen molar-refractivity contribution in [1.82, 2.24) is 19.8 Å². The van der Waals surface area contributed by atoms with Gasteiger partial charge in [0.05, 0.1) is 12.8 Å². The highest BCUT2D eigenvalue weighted by Gasteiger charge is 2.43. The highest BCUT2D eigenvalue weighted by Crippen LogP contribution is 2.38. The first-order chi connectivity index (χ1) is 17.9. The average molecular weight is 537 g/mol. The van der Waals surface area contributed by atoms with Gasteiger partial charge in [0.15, 0.2) is 29.0 Å². The highest BCUT2D eigenvalue weighted by atomic mass is 19.1. The molecule has 1 aromatic carbocycles. The zero-order chi connectivity index (χ0) is 27.7. The van der Waals surface area contributed by atoms with E-state index < -0.39 is 23.2 Å². The quantitative estimate of drug-likeness (QED) is 0.454. The molecule has 0 radical (unpaired) electrons. The smallest absolute Gasteiger partial charge is 0.229 e. The van der Waals surface area contributed by atoms with Crippen LogP contribution in [-0.2, 0) is 0 Å². The van der Waals surface area contributed by atoms with E-state index in [4.69, 9.17) is 9.84 Å². The molecule has 2 aliphatic heterocycles. The molecule has 0 amide bonds. The van der Waals surface area contributed by atoms with Gasteiger partial charge in [-0.05, 0) is 60.4 Å². The van der Waals surface area contributed by atoms with Gasteiger partial charge in [0.25, 0.3) is 0 Å². The van der Waals surface area contributed by atoms with Crippen molar-refractivity contribution >= 4 is 17.5 Å². The van der Waals surface area contributed by atoms with Crippen LogP contribution in [0.4, 0.5) is 30.6 Å². The number of likely N-dealkylation sites (tertiary alicyclic amines) is 2. The van der Waals surface area contributed by atoms with E-state index in [-0.39, 0.29) is 47.3 Å². The molecule has 1 aromatic heterocycles. The molecule has 0 spiro atoms. The van der Waals surface area contributed by atoms with Gasteiger partial charge in [0.1, 0.15) is 6.10 Å². The molecular formula is C27H39F3N6O2. The monoisotopic (exact) mass is 536 g/mol. The van der Waals surface area contributed by atoms with E-state index >= 15 is 0 Å². The molecule has 210 valence electrons. The van der Waals surface area contributed by atoms with Gasteiger partial charge in [0, 0.05) is 54.6 Å². The summed E-state index contributed by atoms with van der Waals surface area (Å²) in [6.07, 6.45) is 3.54. The molecule has 3 heterocycles. The molecule has 2 fully saturated rings. The Bertz CT molecular complexity index is 1080. The minimum absolute atomic E-state index is 0.0177. The maximum Gasteiger partial charge on any atom is 0.229 e. The first-order valence-electron chi connectivity index (χ1n) is 13.2. The van der Waals surface area contributed by atoms with Crippen molar-refractivity contribution in [3.05, 3.63) is 35.8 Å². The fourth-order valence-electron chi connectivity index (χ4n) is 5.63. The lowest BCUT2D eigenvalue weighted by Gasteiger charge is -2.53. The van der Waals surface area contributed by atoms with E-state index in [9.17, 15) is 13.2 Å². The summed E-state index contributed by atoms with van der Waals surface area (Å²) in [7, 11) is 2.10. The number of hydrogen-bond acceptors (Lipinski definition) is 8. The van der Waals surface area contributed by atoms with Gasteiger partial charge in [-0.3, -0.25) is 4.90 Å². The normalized spacial score (nSPS) is 20.9. The van der Waals surface area contributed by atoms with Crippen LogP contribution in [0.3, 0.4) is 0 Å². The van der Waals surface area contributed by atoms with E-state index in [0.29, 0.717) is 32.5 Å². The number of nitrogens with one attached hydrogen (secondary N) is 2. The first-order valence-corrected chi connectivity index (χ1v) is 13.2. The first kappa shape index (κ1) is 28.4. The lowest BCUT2D eigenvalue weighted by atomic mass is 9.77. The second-order valence-electron chi connectivity index (χ2n) is 11.6. The summed E-state index contributed by atoms with van der Waals surface area (Å²) in [6, 6.07) is 2.21. The van der Waals surface area contributed by atoms with Crippen LogP contribution in [-0.4, -0.2) is 81.4 Å². The summed E-state index contributed by atoms with van der Waals surface area (Å²) in [5.74, 6) is -2.66. The predicted octanol–water partition coefficient (Wildman–Crippen LogP) is 4.54. The van der Waals surface area contributed by atoms with Crippen molar-refractivity contribution in [3.8, 4) is 5.75 Å². The molecule has 0 bridgehead atoms. The number of benzene rings is 1. The molecule has 4 rings (SSSR count). The van der Waals surface area contributed by atoms with Crippen LogP contribution in [0, 0.1) is 17.5 Å². The molecule has 0 atom stereocenters. The summed E-state index contributed by atoms with van der Waals surface area (Å²) in [5.41, 5.74) is -0.109. The van der Waals surface area contributed by atoms with Gasteiger partial charge in [-0.15, -0.1) is 0 Å². The molecule has 3 N–H and O–H groups in total. The predicted molar refractivity (Wildman–Crippen MR) is 141 cm³/mol. The number of halogens is 3. The number of rotatable bonds is 8. The summed E-state index contributed by atoms with van der Waals surface area (Å²) >= 11 is 0. The minimum atomic E-state index is -0.846. The van der Waals surface area contributed by atoms with Crippen molar-refractivity contribution < 1.29 is 23.0 Å². The third-order valence-corrected chi connectivity index (χ3v) is 7.88. The van der Waals surface area contributed by atoms with E-state index in [1.165, 1.54) is 0 Å². The van der Waals surface area contributed by atoms with Crippen LogP contribution in [0.5, 0.6) is 5.75 Å². The van der Waals surface area contributed by atoms with E-state index in [2.05, 4.69) is 65.1 Å². The van der Waals surface area contributed by atoms with Crippen molar-refractivity contribution in [2.24, 2.45) is 0 Å². The number of nitrogens with zero attached hydrogens (tertiary/aromatic N) is 4. The summed E-state index contributed by atoms with van der Waals surface area (Å²) in [6.45, 7) is 10.7. The van der Waals surface area contributed by atoms with E-state index in [0.717, 1.165) is 31.2 Å². The van der Waals surface area contributed by atoms with Crippen LogP contribution >= 0.6 is 0 Å². The van der Waals surface area contributed by atoms with Crippen LogP contribution < -0.4 is 15.4 Å². The summed E-state index contributed by atoms with van der Waals surface area (Å²) in [5, 5.41) is 15.1. The number of piperidine rings is 2. The molecule has 2 saturated heterocycles. The topological polar surface area (TPSA) is 85.8 Å². The minimum Gasteiger partial charge on any atom is -0.484 e. The number of ether oxygens (including phenoxy) is 1. The lowest BCUT2D eigenvalue weighted by molar-refractivity contribution is -0.00778. The Morgan fingerprint density at radius 3 is 2.21 bits per heavy atom. The molecular weight excluding hydrogens is 497 g/mol. The summed E-state index contributed by atoms with van der Waals surface area (Å²) < 4.78 is 49.9.